The van der Waals surface area contributed by atoms with Crippen LogP contribution in [0.15, 0.2) is 24.3 Å². The van der Waals surface area contributed by atoms with Gasteiger partial charge < -0.3 is 15.4 Å². The largest absolute Gasteiger partial charge is 0.370 e. The number of hydrogen-bond donors (Lipinski definition) is 1. The molecule has 0 spiro atoms. The van der Waals surface area contributed by atoms with Crippen molar-refractivity contribution in [3.63, 3.8) is 0 Å². The molecule has 2 amide bonds. The highest BCUT2D eigenvalue weighted by atomic mass is 19.1. The van der Waals surface area contributed by atoms with E-state index in [0.29, 0.717) is 45.8 Å². The van der Waals surface area contributed by atoms with Crippen LogP contribution in [0.3, 0.4) is 0 Å². The van der Waals surface area contributed by atoms with Crippen LogP contribution in [0.5, 0.6) is 0 Å². The van der Waals surface area contributed by atoms with Crippen LogP contribution in [0.1, 0.15) is 18.1 Å². The summed E-state index contributed by atoms with van der Waals surface area (Å²) in [7, 11) is 0. The molecule has 1 aromatic carbocycles. The lowest BCUT2D eigenvalue weighted by atomic mass is 10.1. The molecule has 2 fully saturated rings. The molecule has 0 aliphatic carbocycles. The van der Waals surface area contributed by atoms with Gasteiger partial charge >= 0.3 is 0 Å². The fourth-order valence-corrected chi connectivity index (χ4v) is 3.25. The predicted molar refractivity (Wildman–Crippen MR) is 85.4 cm³/mol. The molecule has 24 heavy (non-hydrogen) atoms. The summed E-state index contributed by atoms with van der Waals surface area (Å²) in [4.78, 5) is 27.5. The first kappa shape index (κ1) is 16.9. The van der Waals surface area contributed by atoms with E-state index >= 15 is 0 Å². The topological polar surface area (TPSA) is 75.9 Å². The highest BCUT2D eigenvalue weighted by Crippen LogP contribution is 2.23. The molecule has 2 N–H and O–H groups in total. The zero-order valence-corrected chi connectivity index (χ0v) is 13.5. The molecule has 6 nitrogen and oxygen atoms in total. The minimum atomic E-state index is -0.298. The van der Waals surface area contributed by atoms with E-state index in [9.17, 15) is 14.0 Å². The Balaban J connectivity index is 1.55. The number of ether oxygens (including phenoxy) is 1. The Morgan fingerprint density at radius 3 is 2.62 bits per heavy atom. The zero-order chi connectivity index (χ0) is 17.1. The van der Waals surface area contributed by atoms with Crippen molar-refractivity contribution in [2.45, 2.75) is 12.5 Å². The van der Waals surface area contributed by atoms with E-state index in [4.69, 9.17) is 10.5 Å². The van der Waals surface area contributed by atoms with E-state index in [0.717, 1.165) is 5.56 Å². The van der Waals surface area contributed by atoms with Gasteiger partial charge in [0, 0.05) is 13.1 Å². The number of likely N-dealkylation sites (tertiary alicyclic amines) is 1. The van der Waals surface area contributed by atoms with Gasteiger partial charge in [-0.1, -0.05) is 12.1 Å². The number of primary amides is 1. The van der Waals surface area contributed by atoms with Gasteiger partial charge in [-0.25, -0.2) is 4.39 Å². The third-order valence-electron chi connectivity index (χ3n) is 4.69. The number of rotatable bonds is 4. The average molecular weight is 335 g/mol. The van der Waals surface area contributed by atoms with Crippen LogP contribution in [-0.2, 0) is 14.3 Å². The Hall–Kier alpha value is -1.99. The molecule has 0 saturated carbocycles. The monoisotopic (exact) mass is 335 g/mol. The first-order valence-corrected chi connectivity index (χ1v) is 8.19. The molecule has 2 unspecified atom stereocenters. The van der Waals surface area contributed by atoms with Crippen LogP contribution in [0.2, 0.25) is 0 Å². The Kier molecular flexibility index (Phi) is 5.11. The maximum Gasteiger partial charge on any atom is 0.236 e. The summed E-state index contributed by atoms with van der Waals surface area (Å²) in [5.74, 6) is -0.724. The third-order valence-corrected chi connectivity index (χ3v) is 4.69. The molecule has 0 aromatic heterocycles. The second kappa shape index (κ2) is 7.27. The maximum absolute atomic E-state index is 13.0. The molecule has 2 heterocycles. The van der Waals surface area contributed by atoms with Crippen LogP contribution in [0, 0.1) is 11.7 Å². The van der Waals surface area contributed by atoms with Gasteiger partial charge in [-0.05, 0) is 30.7 Å². The smallest absolute Gasteiger partial charge is 0.236 e. The summed E-state index contributed by atoms with van der Waals surface area (Å²) in [6.45, 7) is 3.01. The molecular weight excluding hydrogens is 313 g/mol. The van der Waals surface area contributed by atoms with Crippen molar-refractivity contribution in [3.05, 3.63) is 35.6 Å². The van der Waals surface area contributed by atoms with Crippen molar-refractivity contribution in [2.75, 3.05) is 39.3 Å². The van der Waals surface area contributed by atoms with Gasteiger partial charge in [0.05, 0.1) is 25.6 Å². The molecule has 3 rings (SSSR count). The van der Waals surface area contributed by atoms with Crippen LogP contribution in [0.25, 0.3) is 0 Å². The second-order valence-electron chi connectivity index (χ2n) is 6.37. The number of amides is 2. The van der Waals surface area contributed by atoms with Gasteiger partial charge in [0.25, 0.3) is 0 Å². The minimum absolute atomic E-state index is 0.0236. The first-order chi connectivity index (χ1) is 11.5. The van der Waals surface area contributed by atoms with Gasteiger partial charge in [-0.15, -0.1) is 0 Å². The number of benzene rings is 1. The summed E-state index contributed by atoms with van der Waals surface area (Å²) in [6.07, 6.45) is 0.476. The van der Waals surface area contributed by atoms with Crippen LogP contribution in [-0.4, -0.2) is 60.9 Å². The van der Waals surface area contributed by atoms with Crippen molar-refractivity contribution < 1.29 is 18.7 Å². The molecule has 7 heteroatoms. The highest BCUT2D eigenvalue weighted by Gasteiger charge is 2.30. The van der Waals surface area contributed by atoms with Gasteiger partial charge in [-0.2, -0.15) is 0 Å². The Morgan fingerprint density at radius 1 is 1.21 bits per heavy atom. The fourth-order valence-electron chi connectivity index (χ4n) is 3.25. The lowest BCUT2D eigenvalue weighted by Crippen LogP contribution is -2.46. The molecule has 0 bridgehead atoms. The van der Waals surface area contributed by atoms with E-state index in [-0.39, 0.29) is 29.7 Å². The molecule has 1 aromatic rings. The minimum Gasteiger partial charge on any atom is -0.370 e. The van der Waals surface area contributed by atoms with E-state index in [1.807, 2.05) is 4.90 Å². The molecule has 2 aliphatic rings. The van der Waals surface area contributed by atoms with Gasteiger partial charge in [0.2, 0.25) is 11.8 Å². The van der Waals surface area contributed by atoms with E-state index in [1.165, 1.54) is 12.1 Å². The number of halogens is 1. The van der Waals surface area contributed by atoms with Crippen molar-refractivity contribution in [1.29, 1.82) is 0 Å². The standard InChI is InChI=1S/C17H22FN3O3/c18-14-3-1-12(2-4-14)15-10-21(7-8-24-15)16(22)11-20-6-5-13(9-20)17(19)23/h1-4,13,15H,5-11H2,(H2,19,23). The van der Waals surface area contributed by atoms with E-state index in [1.54, 1.807) is 17.0 Å². The average Bonchev–Trinajstić information content (AvgIpc) is 3.04. The molecule has 2 atom stereocenters. The van der Waals surface area contributed by atoms with Crippen molar-refractivity contribution >= 4 is 11.8 Å². The van der Waals surface area contributed by atoms with Crippen LogP contribution < -0.4 is 5.73 Å². The summed E-state index contributed by atoms with van der Waals surface area (Å²) in [5, 5.41) is 0. The van der Waals surface area contributed by atoms with Gasteiger partial charge in [-0.3, -0.25) is 14.5 Å². The number of morpholine rings is 1. The number of carbonyl (C=O) groups is 2. The van der Waals surface area contributed by atoms with Crippen molar-refractivity contribution in [3.8, 4) is 0 Å². The van der Waals surface area contributed by atoms with E-state index in [2.05, 4.69) is 0 Å². The number of nitrogens with zero attached hydrogens (tertiary/aromatic N) is 2. The summed E-state index contributed by atoms with van der Waals surface area (Å²) in [6, 6.07) is 6.17. The Morgan fingerprint density at radius 2 is 1.96 bits per heavy atom. The second-order valence-corrected chi connectivity index (χ2v) is 6.37. The van der Waals surface area contributed by atoms with Crippen LogP contribution >= 0.6 is 0 Å². The lowest BCUT2D eigenvalue weighted by Gasteiger charge is -2.34. The highest BCUT2D eigenvalue weighted by molar-refractivity contribution is 5.79. The lowest BCUT2D eigenvalue weighted by molar-refractivity contribution is -0.140. The normalized spacial score (nSPS) is 25.0. The molecule has 130 valence electrons. The number of hydrogen-bond acceptors (Lipinski definition) is 4. The quantitative estimate of drug-likeness (QED) is 0.871. The van der Waals surface area contributed by atoms with Gasteiger partial charge in [0.1, 0.15) is 11.9 Å². The zero-order valence-electron chi connectivity index (χ0n) is 13.5. The van der Waals surface area contributed by atoms with E-state index < -0.39 is 0 Å². The maximum atomic E-state index is 13.0. The first-order valence-electron chi connectivity index (χ1n) is 8.19. The van der Waals surface area contributed by atoms with Crippen molar-refractivity contribution in [1.82, 2.24) is 9.80 Å². The fraction of sp³-hybridized carbons (Fsp3) is 0.529. The molecule has 2 saturated heterocycles. The van der Waals surface area contributed by atoms with Crippen LogP contribution in [0.4, 0.5) is 4.39 Å². The SMILES string of the molecule is NC(=O)C1CCN(CC(=O)N2CCOC(c3ccc(F)cc3)C2)C1. The number of carbonyl (C=O) groups excluding carboxylic acids is 2. The Labute approximate surface area is 140 Å². The van der Waals surface area contributed by atoms with Gasteiger partial charge in [0.15, 0.2) is 0 Å². The molecule has 0 radical (unpaired) electrons. The summed E-state index contributed by atoms with van der Waals surface area (Å²) in [5.41, 5.74) is 6.19. The Bertz CT molecular complexity index is 608. The third kappa shape index (κ3) is 3.91. The molecular formula is C17H22FN3O3. The molecule has 2 aliphatic heterocycles. The summed E-state index contributed by atoms with van der Waals surface area (Å²) < 4.78 is 18.7. The number of nitrogens with two attached hydrogens (primary N) is 1. The van der Waals surface area contributed by atoms with Crippen molar-refractivity contribution in [2.24, 2.45) is 11.7 Å². The predicted octanol–water partition coefficient (Wildman–Crippen LogP) is 0.533. The summed E-state index contributed by atoms with van der Waals surface area (Å²) >= 11 is 0.